The SMILES string of the molecule is CCn1cc(C(=O)Nc2ccc(Oc3ccnc(N)c3C#CC(C)(C)N3CCN(C)CC3)c(F)c2)c(=O)n(C2CCCCC2)c1=O. The first-order valence-corrected chi connectivity index (χ1v) is 15.8. The number of benzene rings is 1. The smallest absolute Gasteiger partial charge is 0.331 e. The predicted molar refractivity (Wildman–Crippen MR) is 176 cm³/mol. The summed E-state index contributed by atoms with van der Waals surface area (Å²) in [6.07, 6.45) is 7.04. The lowest BCUT2D eigenvalue weighted by Crippen LogP contribution is -2.53. The summed E-state index contributed by atoms with van der Waals surface area (Å²) in [7, 11) is 2.10. The number of aryl methyl sites for hydroxylation is 1. The molecule has 11 nitrogen and oxygen atoms in total. The van der Waals surface area contributed by atoms with E-state index in [0.29, 0.717) is 24.9 Å². The number of rotatable bonds is 7. The Hall–Kier alpha value is -4.47. The fourth-order valence-electron chi connectivity index (χ4n) is 5.97. The number of aromatic nitrogens is 3. The zero-order valence-corrected chi connectivity index (χ0v) is 26.9. The zero-order chi connectivity index (χ0) is 33.0. The van der Waals surface area contributed by atoms with Crippen molar-refractivity contribution in [1.82, 2.24) is 23.9 Å². The van der Waals surface area contributed by atoms with Gasteiger partial charge in [0.2, 0.25) is 0 Å². The van der Waals surface area contributed by atoms with Crippen LogP contribution in [0.15, 0.2) is 46.2 Å². The number of hydrogen-bond donors (Lipinski definition) is 2. The maximum absolute atomic E-state index is 15.3. The Morgan fingerprint density at radius 3 is 2.50 bits per heavy atom. The lowest BCUT2D eigenvalue weighted by Gasteiger charge is -2.40. The van der Waals surface area contributed by atoms with Crippen LogP contribution >= 0.6 is 0 Å². The fraction of sp³-hybridized carbons (Fsp3) is 0.471. The molecule has 1 aliphatic carbocycles. The van der Waals surface area contributed by atoms with Crippen LogP contribution in [-0.2, 0) is 6.54 Å². The maximum atomic E-state index is 15.3. The fourth-order valence-corrected chi connectivity index (χ4v) is 5.97. The molecule has 0 spiro atoms. The number of nitrogens with one attached hydrogen (secondary N) is 1. The molecule has 0 atom stereocenters. The van der Waals surface area contributed by atoms with Gasteiger partial charge in [-0.1, -0.05) is 31.1 Å². The van der Waals surface area contributed by atoms with Gasteiger partial charge in [-0.05, 0) is 52.8 Å². The van der Waals surface area contributed by atoms with Gasteiger partial charge < -0.3 is 20.7 Å². The number of likely N-dealkylation sites (N-methyl/N-ethyl adjacent to an activating group) is 1. The normalized spacial score (nSPS) is 16.5. The van der Waals surface area contributed by atoms with Crippen LogP contribution < -0.4 is 27.0 Å². The Bertz CT molecular complexity index is 1770. The van der Waals surface area contributed by atoms with Gasteiger partial charge in [0.1, 0.15) is 22.7 Å². The van der Waals surface area contributed by atoms with Crippen LogP contribution in [0.25, 0.3) is 0 Å². The molecular formula is C34H42FN7O4. The summed E-state index contributed by atoms with van der Waals surface area (Å²) in [5.74, 6) is 5.24. The van der Waals surface area contributed by atoms with Crippen molar-refractivity contribution in [2.45, 2.75) is 71.0 Å². The minimum atomic E-state index is -0.747. The first-order chi connectivity index (χ1) is 22.0. The predicted octanol–water partition coefficient (Wildman–Crippen LogP) is 4.07. The van der Waals surface area contributed by atoms with E-state index >= 15 is 4.39 Å². The number of halogens is 1. The first kappa shape index (κ1) is 32.9. The summed E-state index contributed by atoms with van der Waals surface area (Å²) in [5.41, 5.74) is 4.96. The molecule has 12 heteroatoms. The largest absolute Gasteiger partial charge is 0.453 e. The molecule has 244 valence electrons. The molecule has 1 aromatic carbocycles. The van der Waals surface area contributed by atoms with Crippen LogP contribution in [0.2, 0.25) is 0 Å². The van der Waals surface area contributed by atoms with E-state index in [-0.39, 0.29) is 34.6 Å². The van der Waals surface area contributed by atoms with Gasteiger partial charge in [0.15, 0.2) is 11.6 Å². The van der Waals surface area contributed by atoms with Gasteiger partial charge in [-0.25, -0.2) is 14.2 Å². The Kier molecular flexibility index (Phi) is 9.94. The highest BCUT2D eigenvalue weighted by Gasteiger charge is 2.28. The van der Waals surface area contributed by atoms with Gasteiger partial charge in [-0.3, -0.25) is 23.6 Å². The van der Waals surface area contributed by atoms with Gasteiger partial charge in [0.25, 0.3) is 11.5 Å². The Morgan fingerprint density at radius 1 is 1.11 bits per heavy atom. The van der Waals surface area contributed by atoms with Gasteiger partial charge in [0, 0.05) is 69.0 Å². The van der Waals surface area contributed by atoms with E-state index in [1.807, 2.05) is 13.8 Å². The summed E-state index contributed by atoms with van der Waals surface area (Å²) in [5, 5.41) is 2.60. The summed E-state index contributed by atoms with van der Waals surface area (Å²) in [6, 6.07) is 5.27. The summed E-state index contributed by atoms with van der Waals surface area (Å²) >= 11 is 0. The standard InChI is InChI=1S/C34H42FN7O4/c1-5-40-22-26(32(44)42(33(40)45)24-9-7-6-8-10-24)31(43)38-23-11-12-29(27(35)21-23)46-28-14-16-37-30(36)25(28)13-15-34(2,3)41-19-17-39(4)18-20-41/h11-12,14,16,21-22,24H,5-10,17-20H2,1-4H3,(H2,36,37)(H,38,43). The Balaban J connectivity index is 1.35. The molecule has 1 amide bonds. The average Bonchev–Trinajstić information content (AvgIpc) is 3.03. The van der Waals surface area contributed by atoms with E-state index in [9.17, 15) is 14.4 Å². The van der Waals surface area contributed by atoms with Crippen molar-refractivity contribution in [2.75, 3.05) is 44.3 Å². The van der Waals surface area contributed by atoms with Gasteiger partial charge in [-0.15, -0.1) is 0 Å². The lowest BCUT2D eigenvalue weighted by atomic mass is 9.95. The highest BCUT2D eigenvalue weighted by Crippen LogP contribution is 2.31. The van der Waals surface area contributed by atoms with E-state index in [1.165, 1.54) is 33.7 Å². The van der Waals surface area contributed by atoms with Crippen LogP contribution in [0.5, 0.6) is 11.5 Å². The quantitative estimate of drug-likeness (QED) is 0.374. The topological polar surface area (TPSA) is 128 Å². The number of nitrogens with zero attached hydrogens (tertiary/aromatic N) is 5. The number of pyridine rings is 1. The number of ether oxygens (including phenoxy) is 1. The molecule has 1 saturated heterocycles. The molecule has 2 fully saturated rings. The lowest BCUT2D eigenvalue weighted by molar-refractivity contribution is 0.0946. The highest BCUT2D eigenvalue weighted by atomic mass is 19.1. The molecule has 0 unspecified atom stereocenters. The molecule has 1 saturated carbocycles. The second-order valence-electron chi connectivity index (χ2n) is 12.4. The van der Waals surface area contributed by atoms with Crippen molar-refractivity contribution in [1.29, 1.82) is 0 Å². The summed E-state index contributed by atoms with van der Waals surface area (Å²) in [6.45, 7) is 9.84. The van der Waals surface area contributed by atoms with Gasteiger partial charge in [0.05, 0.1) is 5.54 Å². The molecule has 0 bridgehead atoms. The zero-order valence-electron chi connectivity index (χ0n) is 26.9. The molecule has 3 aromatic rings. The third kappa shape index (κ3) is 7.16. The van der Waals surface area contributed by atoms with Crippen molar-refractivity contribution in [3.63, 3.8) is 0 Å². The number of hydrogen-bond acceptors (Lipinski definition) is 8. The first-order valence-electron chi connectivity index (χ1n) is 15.8. The van der Waals surface area contributed by atoms with Crippen LogP contribution in [0.1, 0.15) is 74.8 Å². The number of carbonyl (C=O) groups excluding carboxylic acids is 1. The molecule has 2 aliphatic rings. The van der Waals surface area contributed by atoms with Gasteiger partial charge >= 0.3 is 5.69 Å². The van der Waals surface area contributed by atoms with E-state index in [0.717, 1.165) is 51.5 Å². The molecule has 5 rings (SSSR count). The molecule has 2 aromatic heterocycles. The number of piperazine rings is 1. The third-order valence-electron chi connectivity index (χ3n) is 8.85. The highest BCUT2D eigenvalue weighted by molar-refractivity contribution is 6.03. The summed E-state index contributed by atoms with van der Waals surface area (Å²) < 4.78 is 23.8. The Morgan fingerprint density at radius 2 is 1.83 bits per heavy atom. The van der Waals surface area contributed by atoms with E-state index in [1.54, 1.807) is 13.0 Å². The number of nitrogens with two attached hydrogens (primary N) is 1. The average molecular weight is 632 g/mol. The number of anilines is 2. The van der Waals surface area contributed by atoms with E-state index in [2.05, 4.69) is 39.0 Å². The molecule has 1 aliphatic heterocycles. The van der Waals surface area contributed by atoms with Crippen LogP contribution in [0.4, 0.5) is 15.9 Å². The van der Waals surface area contributed by atoms with Gasteiger partial charge in [-0.2, -0.15) is 0 Å². The molecular weight excluding hydrogens is 589 g/mol. The minimum Gasteiger partial charge on any atom is -0.453 e. The molecule has 0 radical (unpaired) electrons. The second-order valence-corrected chi connectivity index (χ2v) is 12.4. The van der Waals surface area contributed by atoms with Crippen LogP contribution in [0.3, 0.4) is 0 Å². The van der Waals surface area contributed by atoms with Crippen LogP contribution in [-0.4, -0.2) is 68.6 Å². The number of nitrogen functional groups attached to an aromatic ring is 1. The van der Waals surface area contributed by atoms with E-state index in [4.69, 9.17) is 10.5 Å². The number of amides is 1. The summed E-state index contributed by atoms with van der Waals surface area (Å²) in [4.78, 5) is 48.4. The van der Waals surface area contributed by atoms with Crippen molar-refractivity contribution in [2.24, 2.45) is 0 Å². The second kappa shape index (κ2) is 13.9. The van der Waals surface area contributed by atoms with Crippen LogP contribution in [0, 0.1) is 17.7 Å². The molecule has 46 heavy (non-hydrogen) atoms. The maximum Gasteiger partial charge on any atom is 0.331 e. The molecule has 3 N–H and O–H groups in total. The molecule has 3 heterocycles. The van der Waals surface area contributed by atoms with Crippen molar-refractivity contribution in [3.05, 3.63) is 74.4 Å². The Labute approximate surface area is 268 Å². The van der Waals surface area contributed by atoms with Crippen molar-refractivity contribution < 1.29 is 13.9 Å². The minimum absolute atomic E-state index is 0.107. The third-order valence-corrected chi connectivity index (χ3v) is 8.85. The monoisotopic (exact) mass is 631 g/mol. The van der Waals surface area contributed by atoms with Crippen molar-refractivity contribution >= 4 is 17.4 Å². The number of carbonyl (C=O) groups is 1. The van der Waals surface area contributed by atoms with Crippen molar-refractivity contribution in [3.8, 4) is 23.3 Å². The van der Waals surface area contributed by atoms with E-state index < -0.39 is 28.5 Å².